The van der Waals surface area contributed by atoms with E-state index in [-0.39, 0.29) is 23.7 Å². The maximum Gasteiger partial charge on any atom is 0.236 e. The Morgan fingerprint density at radius 1 is 0.946 bits per heavy atom. The van der Waals surface area contributed by atoms with Crippen LogP contribution in [0.25, 0.3) is 0 Å². The molecule has 3 aliphatic rings. The Morgan fingerprint density at radius 3 is 2.57 bits per heavy atom. The summed E-state index contributed by atoms with van der Waals surface area (Å²) in [4.78, 5) is 32.7. The maximum atomic E-state index is 13.6. The van der Waals surface area contributed by atoms with Gasteiger partial charge in [-0.15, -0.1) is 0 Å². The van der Waals surface area contributed by atoms with E-state index in [0.29, 0.717) is 72.1 Å². The van der Waals surface area contributed by atoms with E-state index in [9.17, 15) is 9.59 Å². The number of ether oxygens (including phenoxy) is 2. The topological polar surface area (TPSA) is 62.3 Å². The van der Waals surface area contributed by atoms with E-state index < -0.39 is 0 Å². The second kappa shape index (κ2) is 12.4. The highest BCUT2D eigenvalue weighted by Crippen LogP contribution is 2.30. The number of morpholine rings is 1. The minimum absolute atomic E-state index is 0.130. The molecule has 7 nitrogen and oxygen atoms in total. The minimum Gasteiger partial charge on any atom is -0.489 e. The van der Waals surface area contributed by atoms with Crippen molar-refractivity contribution < 1.29 is 19.1 Å². The number of benzene rings is 2. The van der Waals surface area contributed by atoms with Crippen molar-refractivity contribution in [1.82, 2.24) is 14.7 Å². The Kier molecular flexibility index (Phi) is 8.53. The first-order valence-electron chi connectivity index (χ1n) is 13.4. The number of carbonyl (C=O) groups is 2. The van der Waals surface area contributed by atoms with Crippen LogP contribution >= 0.6 is 0 Å². The standard InChI is InChI=1S/C30H37N3O4/c34-29(32-14-17-36-18-15-32)19-25-12-13-33-22-26(25)10-6-16-37-28-11-5-4-9-27(28)21-31(23-30(33)35)20-24-7-2-1-3-8-24/h1-11,25-26H,12-23H2/b10-6-/t25-,26-/m0/s1. The third kappa shape index (κ3) is 6.79. The lowest BCUT2D eigenvalue weighted by atomic mass is 9.82. The third-order valence-corrected chi connectivity index (χ3v) is 7.65. The molecule has 0 saturated carbocycles. The predicted octanol–water partition coefficient (Wildman–Crippen LogP) is 3.35. The van der Waals surface area contributed by atoms with Gasteiger partial charge in [-0.2, -0.15) is 0 Å². The summed E-state index contributed by atoms with van der Waals surface area (Å²) < 4.78 is 11.6. The number of piperidine rings is 1. The summed E-state index contributed by atoms with van der Waals surface area (Å²) in [5, 5.41) is 0. The van der Waals surface area contributed by atoms with Crippen LogP contribution in [-0.2, 0) is 27.4 Å². The van der Waals surface area contributed by atoms with Gasteiger partial charge in [0.15, 0.2) is 0 Å². The Morgan fingerprint density at radius 2 is 1.73 bits per heavy atom. The SMILES string of the molecule is O=C(C[C@@H]1CCN2C[C@@H]1/C=C\COc1ccccc1CN(Cc1ccccc1)CC2=O)N1CCOCC1. The monoisotopic (exact) mass is 503 g/mol. The van der Waals surface area contributed by atoms with Gasteiger partial charge in [-0.3, -0.25) is 14.5 Å². The van der Waals surface area contributed by atoms with Gasteiger partial charge in [-0.25, -0.2) is 0 Å². The van der Waals surface area contributed by atoms with Crippen LogP contribution in [0.4, 0.5) is 0 Å². The van der Waals surface area contributed by atoms with Crippen molar-refractivity contribution in [3.63, 3.8) is 0 Å². The lowest BCUT2D eigenvalue weighted by Gasteiger charge is -2.39. The molecular weight excluding hydrogens is 466 g/mol. The molecule has 0 aliphatic carbocycles. The van der Waals surface area contributed by atoms with Gasteiger partial charge in [-0.05, 0) is 29.9 Å². The molecule has 7 heteroatoms. The van der Waals surface area contributed by atoms with E-state index in [2.05, 4.69) is 35.3 Å². The van der Waals surface area contributed by atoms with Crippen LogP contribution in [0.15, 0.2) is 66.7 Å². The smallest absolute Gasteiger partial charge is 0.236 e. The molecular formula is C30H37N3O4. The van der Waals surface area contributed by atoms with Gasteiger partial charge >= 0.3 is 0 Å². The predicted molar refractivity (Wildman–Crippen MR) is 142 cm³/mol. The van der Waals surface area contributed by atoms with Crippen LogP contribution in [0.1, 0.15) is 24.0 Å². The molecule has 0 N–H and O–H groups in total. The summed E-state index contributed by atoms with van der Waals surface area (Å²) in [6, 6.07) is 18.4. The van der Waals surface area contributed by atoms with Gasteiger partial charge in [0.05, 0.1) is 19.8 Å². The first kappa shape index (κ1) is 25.5. The summed E-state index contributed by atoms with van der Waals surface area (Å²) in [6.45, 7) is 6.02. The van der Waals surface area contributed by atoms with Gasteiger partial charge in [0.2, 0.25) is 11.8 Å². The quantitative estimate of drug-likeness (QED) is 0.599. The van der Waals surface area contributed by atoms with Crippen LogP contribution in [0, 0.1) is 11.8 Å². The van der Waals surface area contributed by atoms with E-state index in [1.807, 2.05) is 46.2 Å². The second-order valence-corrected chi connectivity index (χ2v) is 10.2. The van der Waals surface area contributed by atoms with Crippen LogP contribution in [0.2, 0.25) is 0 Å². The summed E-state index contributed by atoms with van der Waals surface area (Å²) in [6.07, 6.45) is 5.57. The molecule has 2 atom stereocenters. The molecule has 2 fully saturated rings. The number of hydrogen-bond acceptors (Lipinski definition) is 5. The maximum absolute atomic E-state index is 13.6. The lowest BCUT2D eigenvalue weighted by Crippen LogP contribution is -2.48. The zero-order chi connectivity index (χ0) is 25.5. The molecule has 0 aromatic heterocycles. The van der Waals surface area contributed by atoms with Gasteiger partial charge in [0.1, 0.15) is 12.4 Å². The number of nitrogens with zero attached hydrogens (tertiary/aromatic N) is 3. The molecule has 2 aromatic carbocycles. The van der Waals surface area contributed by atoms with E-state index in [4.69, 9.17) is 9.47 Å². The van der Waals surface area contributed by atoms with E-state index >= 15 is 0 Å². The summed E-state index contributed by atoms with van der Waals surface area (Å²) in [5.74, 6) is 1.53. The number of fused-ring (bicyclic) bond motifs is 3. The fourth-order valence-electron chi connectivity index (χ4n) is 5.58. The highest BCUT2D eigenvalue weighted by atomic mass is 16.5. The molecule has 0 spiro atoms. The summed E-state index contributed by atoms with van der Waals surface area (Å²) in [5.41, 5.74) is 2.25. The average molecular weight is 504 g/mol. The fraction of sp³-hybridized carbons (Fsp3) is 0.467. The molecule has 3 heterocycles. The molecule has 2 bridgehead atoms. The van der Waals surface area contributed by atoms with Crippen molar-refractivity contribution in [2.75, 3.05) is 52.5 Å². The zero-order valence-corrected chi connectivity index (χ0v) is 21.5. The van der Waals surface area contributed by atoms with Crippen molar-refractivity contribution in [1.29, 1.82) is 0 Å². The number of rotatable bonds is 4. The summed E-state index contributed by atoms with van der Waals surface area (Å²) >= 11 is 0. The van der Waals surface area contributed by atoms with Crippen LogP contribution < -0.4 is 4.74 Å². The Bertz CT molecular complexity index is 1080. The van der Waals surface area contributed by atoms with Crippen molar-refractivity contribution in [3.05, 3.63) is 77.9 Å². The molecule has 2 saturated heterocycles. The third-order valence-electron chi connectivity index (χ3n) is 7.65. The van der Waals surface area contributed by atoms with E-state index in [1.165, 1.54) is 5.56 Å². The zero-order valence-electron chi connectivity index (χ0n) is 21.5. The van der Waals surface area contributed by atoms with E-state index in [0.717, 1.165) is 17.7 Å². The summed E-state index contributed by atoms with van der Waals surface area (Å²) in [7, 11) is 0. The van der Waals surface area contributed by atoms with Crippen LogP contribution in [-0.4, -0.2) is 79.1 Å². The molecule has 37 heavy (non-hydrogen) atoms. The van der Waals surface area contributed by atoms with Crippen molar-refractivity contribution >= 4 is 11.8 Å². The highest BCUT2D eigenvalue weighted by molar-refractivity contribution is 5.79. The van der Waals surface area contributed by atoms with Gasteiger partial charge in [0.25, 0.3) is 0 Å². The number of amides is 2. The highest BCUT2D eigenvalue weighted by Gasteiger charge is 2.33. The van der Waals surface area contributed by atoms with Gasteiger partial charge < -0.3 is 19.3 Å². The molecule has 3 aliphatic heterocycles. The lowest BCUT2D eigenvalue weighted by molar-refractivity contribution is -0.138. The van der Waals surface area contributed by atoms with Gasteiger partial charge in [-0.1, -0.05) is 60.7 Å². The first-order chi connectivity index (χ1) is 18.2. The van der Waals surface area contributed by atoms with Crippen LogP contribution in [0.5, 0.6) is 5.75 Å². The number of carbonyl (C=O) groups excluding carboxylic acids is 2. The average Bonchev–Trinajstić information content (AvgIpc) is 2.94. The van der Waals surface area contributed by atoms with Crippen LogP contribution in [0.3, 0.4) is 0 Å². The minimum atomic E-state index is 0.130. The Hall–Kier alpha value is -3.16. The molecule has 196 valence electrons. The fourth-order valence-corrected chi connectivity index (χ4v) is 5.58. The van der Waals surface area contributed by atoms with E-state index in [1.54, 1.807) is 0 Å². The number of hydrogen-bond donors (Lipinski definition) is 0. The Balaban J connectivity index is 1.34. The molecule has 0 radical (unpaired) electrons. The second-order valence-electron chi connectivity index (χ2n) is 10.2. The molecule has 2 aromatic rings. The normalized spacial score (nSPS) is 24.2. The van der Waals surface area contributed by atoms with Crippen molar-refractivity contribution in [3.8, 4) is 5.75 Å². The molecule has 2 amide bonds. The van der Waals surface area contributed by atoms with Crippen molar-refractivity contribution in [2.45, 2.75) is 25.9 Å². The van der Waals surface area contributed by atoms with Crippen molar-refractivity contribution in [2.24, 2.45) is 11.8 Å². The molecule has 0 unspecified atom stereocenters. The Labute approximate surface area is 219 Å². The van der Waals surface area contributed by atoms with Gasteiger partial charge in [0, 0.05) is 51.3 Å². The number of para-hydroxylation sites is 1. The first-order valence-corrected chi connectivity index (χ1v) is 13.4. The molecule has 5 rings (SSSR count). The largest absolute Gasteiger partial charge is 0.489 e.